The Kier molecular flexibility index (Phi) is 18.1. The van der Waals surface area contributed by atoms with Crippen molar-refractivity contribution < 1.29 is 43.3 Å². The highest BCUT2D eigenvalue weighted by molar-refractivity contribution is 6.38. The Morgan fingerprint density at radius 1 is 1.11 bits per heavy atom. The van der Waals surface area contributed by atoms with Gasteiger partial charge >= 0.3 is 17.9 Å². The number of nitrogens with two attached hydrogens (primary N) is 1. The Balaban J connectivity index is 0.00000195. The third kappa shape index (κ3) is 13.9. The predicted molar refractivity (Wildman–Crippen MR) is 174 cm³/mol. The standard InChI is InChI=1S/C29H39N3O9.C5H12/c1-4-25(36)40-18-29(2,3)26(37)27(38)32-16-6-5-11-21(32)28(39)41-22(12-8-15-30)19-9-7-10-20(17-19)31-23(33)13-14-24(34)35;1-3-5-4-2/h4,7,9-10,17,21-22H,1,5-6,8,11-16,18,30H2,2-3H3,(H,31,33)(H,34,35);3-5H2,1-2H3/t21-,22+;/m0./s1. The third-order valence-electron chi connectivity index (χ3n) is 7.33. The van der Waals surface area contributed by atoms with Gasteiger partial charge in [0, 0.05) is 24.7 Å². The summed E-state index contributed by atoms with van der Waals surface area (Å²) in [6.07, 6.45) is 6.27. The average molecular weight is 646 g/mol. The Bertz CT molecular complexity index is 1200. The summed E-state index contributed by atoms with van der Waals surface area (Å²) < 4.78 is 10.9. The van der Waals surface area contributed by atoms with E-state index in [1.54, 1.807) is 24.3 Å². The average Bonchev–Trinajstić information content (AvgIpc) is 3.04. The first kappa shape index (κ1) is 40.0. The maximum Gasteiger partial charge on any atom is 0.330 e. The number of benzene rings is 1. The highest BCUT2D eigenvalue weighted by Gasteiger charge is 2.42. The summed E-state index contributed by atoms with van der Waals surface area (Å²) >= 11 is 0. The molecule has 46 heavy (non-hydrogen) atoms. The van der Waals surface area contributed by atoms with Crippen LogP contribution in [0.1, 0.15) is 104 Å². The van der Waals surface area contributed by atoms with Gasteiger partial charge in [0.15, 0.2) is 0 Å². The molecule has 1 saturated heterocycles. The van der Waals surface area contributed by atoms with E-state index in [-0.39, 0.29) is 26.0 Å². The summed E-state index contributed by atoms with van der Waals surface area (Å²) in [6.45, 7) is 10.9. The molecule has 0 bridgehead atoms. The minimum absolute atomic E-state index is 0.192. The summed E-state index contributed by atoms with van der Waals surface area (Å²) in [6, 6.07) is 5.67. The number of carbonyl (C=O) groups excluding carboxylic acids is 5. The van der Waals surface area contributed by atoms with Gasteiger partial charge in [0.2, 0.25) is 11.7 Å². The zero-order chi connectivity index (χ0) is 34.7. The van der Waals surface area contributed by atoms with Crippen molar-refractivity contribution in [3.63, 3.8) is 0 Å². The number of nitrogens with zero attached hydrogens (tertiary/aromatic N) is 1. The molecule has 256 valence electrons. The largest absolute Gasteiger partial charge is 0.481 e. The van der Waals surface area contributed by atoms with E-state index in [1.807, 2.05) is 0 Å². The molecule has 12 nitrogen and oxygen atoms in total. The number of hydrogen-bond acceptors (Lipinski definition) is 9. The van der Waals surface area contributed by atoms with Crippen LogP contribution >= 0.6 is 0 Å². The minimum atomic E-state index is -1.32. The van der Waals surface area contributed by atoms with Crippen LogP contribution in [0.25, 0.3) is 0 Å². The number of amides is 2. The lowest BCUT2D eigenvalue weighted by atomic mass is 9.87. The first-order chi connectivity index (χ1) is 21.8. The molecule has 0 unspecified atom stereocenters. The summed E-state index contributed by atoms with van der Waals surface area (Å²) in [5, 5.41) is 11.4. The highest BCUT2D eigenvalue weighted by Crippen LogP contribution is 2.29. The maximum absolute atomic E-state index is 13.4. The van der Waals surface area contributed by atoms with Crippen molar-refractivity contribution in [1.82, 2.24) is 4.90 Å². The topological polar surface area (TPSA) is 182 Å². The molecule has 0 aliphatic carbocycles. The molecule has 0 radical (unpaired) electrons. The van der Waals surface area contributed by atoms with Gasteiger partial charge in [0.25, 0.3) is 5.91 Å². The molecule has 2 rings (SSSR count). The molecule has 2 amide bonds. The fraction of sp³-hybridized carbons (Fsp3) is 0.588. The van der Waals surface area contributed by atoms with Gasteiger partial charge in [-0.05, 0) is 70.2 Å². The number of likely N-dealkylation sites (tertiary alicyclic amines) is 1. The molecule has 12 heteroatoms. The van der Waals surface area contributed by atoms with Crippen LogP contribution in [0, 0.1) is 5.41 Å². The summed E-state index contributed by atoms with van der Waals surface area (Å²) in [7, 11) is 0. The smallest absolute Gasteiger partial charge is 0.330 e. The van der Waals surface area contributed by atoms with Gasteiger partial charge in [-0.15, -0.1) is 0 Å². The predicted octanol–water partition coefficient (Wildman–Crippen LogP) is 4.72. The van der Waals surface area contributed by atoms with E-state index in [0.717, 1.165) is 6.08 Å². The second kappa shape index (κ2) is 20.9. The van der Waals surface area contributed by atoms with Crippen LogP contribution in [0.4, 0.5) is 5.69 Å². The van der Waals surface area contributed by atoms with Gasteiger partial charge in [0.1, 0.15) is 18.8 Å². The highest BCUT2D eigenvalue weighted by atomic mass is 16.5. The number of nitrogens with one attached hydrogen (secondary N) is 1. The first-order valence-electron chi connectivity index (χ1n) is 16.0. The number of aliphatic carboxylic acids is 1. The van der Waals surface area contributed by atoms with Gasteiger partial charge in [-0.25, -0.2) is 9.59 Å². The van der Waals surface area contributed by atoms with Gasteiger partial charge in [-0.1, -0.05) is 51.8 Å². The van der Waals surface area contributed by atoms with Crippen molar-refractivity contribution in [2.75, 3.05) is 25.0 Å². The molecule has 4 N–H and O–H groups in total. The number of hydrogen-bond donors (Lipinski definition) is 3. The Morgan fingerprint density at radius 2 is 1.80 bits per heavy atom. The van der Waals surface area contributed by atoms with Crippen LogP contribution < -0.4 is 11.1 Å². The second-order valence-corrected chi connectivity index (χ2v) is 11.8. The second-order valence-electron chi connectivity index (χ2n) is 11.8. The monoisotopic (exact) mass is 645 g/mol. The lowest BCUT2D eigenvalue weighted by Gasteiger charge is -2.36. The van der Waals surface area contributed by atoms with Crippen LogP contribution in [-0.2, 0) is 38.2 Å². The Morgan fingerprint density at radius 3 is 2.39 bits per heavy atom. The molecule has 0 aromatic heterocycles. The van der Waals surface area contributed by atoms with E-state index < -0.39 is 53.1 Å². The zero-order valence-corrected chi connectivity index (χ0v) is 27.7. The van der Waals surface area contributed by atoms with E-state index in [2.05, 4.69) is 25.7 Å². The first-order valence-corrected chi connectivity index (χ1v) is 16.0. The van der Waals surface area contributed by atoms with Crippen LogP contribution in [0.5, 0.6) is 0 Å². The van der Waals surface area contributed by atoms with Gasteiger partial charge in [-0.2, -0.15) is 0 Å². The van der Waals surface area contributed by atoms with Crippen LogP contribution in [-0.4, -0.2) is 71.3 Å². The number of Topliss-reactive ketones (excluding diaryl/α,β-unsaturated/α-hetero) is 1. The molecule has 1 aliphatic heterocycles. The van der Waals surface area contributed by atoms with E-state index in [1.165, 1.54) is 38.0 Å². The molecule has 1 aromatic rings. The zero-order valence-electron chi connectivity index (χ0n) is 27.7. The number of ketones is 1. The lowest BCUT2D eigenvalue weighted by molar-refractivity contribution is -0.165. The number of unbranched alkanes of at least 4 members (excludes halogenated alkanes) is 2. The normalized spacial score (nSPS) is 15.0. The Hall–Kier alpha value is -4.06. The molecule has 2 atom stereocenters. The van der Waals surface area contributed by atoms with Crippen LogP contribution in [0.15, 0.2) is 36.9 Å². The fourth-order valence-corrected chi connectivity index (χ4v) is 4.65. The summed E-state index contributed by atoms with van der Waals surface area (Å²) in [4.78, 5) is 75.3. The number of carbonyl (C=O) groups is 6. The van der Waals surface area contributed by atoms with Crippen molar-refractivity contribution in [2.45, 2.75) is 104 Å². The molecular formula is C34H51N3O9. The van der Waals surface area contributed by atoms with Gasteiger partial charge in [-0.3, -0.25) is 19.2 Å². The third-order valence-corrected chi connectivity index (χ3v) is 7.33. The van der Waals surface area contributed by atoms with Crippen molar-refractivity contribution >= 4 is 41.2 Å². The van der Waals surface area contributed by atoms with Gasteiger partial charge < -0.3 is 30.5 Å². The number of anilines is 1. The van der Waals surface area contributed by atoms with Gasteiger partial charge in [0.05, 0.1) is 11.8 Å². The maximum atomic E-state index is 13.4. The molecule has 0 spiro atoms. The van der Waals surface area contributed by atoms with Crippen molar-refractivity contribution in [3.05, 3.63) is 42.5 Å². The molecule has 1 fully saturated rings. The summed E-state index contributed by atoms with van der Waals surface area (Å²) in [5.74, 6) is -4.58. The number of ether oxygens (including phenoxy) is 2. The van der Waals surface area contributed by atoms with Crippen molar-refractivity contribution in [2.24, 2.45) is 11.1 Å². The van der Waals surface area contributed by atoms with E-state index in [9.17, 15) is 28.8 Å². The molecular weight excluding hydrogens is 594 g/mol. The summed E-state index contributed by atoms with van der Waals surface area (Å²) in [5.41, 5.74) is 5.37. The number of carboxylic acid groups (broad SMARTS) is 1. The number of carboxylic acids is 1. The quantitative estimate of drug-likeness (QED) is 0.122. The number of esters is 2. The fourth-order valence-electron chi connectivity index (χ4n) is 4.65. The molecule has 0 saturated carbocycles. The van der Waals surface area contributed by atoms with Crippen LogP contribution in [0.3, 0.4) is 0 Å². The SMILES string of the molecule is C=CC(=O)OCC(C)(C)C(=O)C(=O)N1CCCC[C@H]1C(=O)O[C@H](CCCN)c1cccc(NC(=O)CCC(=O)O)c1.CCCCC. The molecule has 1 aliphatic rings. The van der Waals surface area contributed by atoms with Crippen molar-refractivity contribution in [1.29, 1.82) is 0 Å². The van der Waals surface area contributed by atoms with Crippen LogP contribution in [0.2, 0.25) is 0 Å². The number of piperidine rings is 1. The minimum Gasteiger partial charge on any atom is -0.481 e. The van der Waals surface area contributed by atoms with E-state index in [4.69, 9.17) is 20.3 Å². The van der Waals surface area contributed by atoms with E-state index in [0.29, 0.717) is 49.9 Å². The molecule has 1 aromatic carbocycles. The number of rotatable bonds is 17. The van der Waals surface area contributed by atoms with Crippen molar-refractivity contribution in [3.8, 4) is 0 Å². The lowest BCUT2D eigenvalue weighted by Crippen LogP contribution is -2.53. The molecule has 1 heterocycles. The van der Waals surface area contributed by atoms with E-state index >= 15 is 0 Å². The Labute approximate surface area is 272 Å².